The highest BCUT2D eigenvalue weighted by atomic mass is 16.6. The molecule has 0 bridgehead atoms. The molecule has 0 unspecified atom stereocenters. The Bertz CT molecular complexity index is 1020. The van der Waals surface area contributed by atoms with Crippen molar-refractivity contribution >= 4 is 23.4 Å². The lowest BCUT2D eigenvalue weighted by Crippen LogP contribution is -2.45. The van der Waals surface area contributed by atoms with Crippen molar-refractivity contribution < 1.29 is 23.9 Å². The predicted molar refractivity (Wildman–Crippen MR) is 109 cm³/mol. The molecule has 1 fully saturated rings. The summed E-state index contributed by atoms with van der Waals surface area (Å²) < 4.78 is 11.1. The molecule has 0 radical (unpaired) electrons. The Morgan fingerprint density at radius 3 is 2.53 bits per heavy atom. The molecule has 3 amide bonds. The minimum absolute atomic E-state index is 0.0692. The van der Waals surface area contributed by atoms with Crippen LogP contribution in [0.3, 0.4) is 0 Å². The first kappa shape index (κ1) is 19.8. The van der Waals surface area contributed by atoms with Gasteiger partial charge in [0.25, 0.3) is 5.91 Å². The summed E-state index contributed by atoms with van der Waals surface area (Å²) in [7, 11) is 0. The van der Waals surface area contributed by atoms with Gasteiger partial charge in [-0.15, -0.1) is 0 Å². The molecular formula is C22H23N3O5. The molecule has 8 nitrogen and oxygen atoms in total. The SMILES string of the molecule is Cc1ccc(C(=O)NNC(=O)[C@H]2CC(=O)N(c3ccc4c(c3)OCCO4)C2)c(C)c1. The maximum absolute atomic E-state index is 12.5. The van der Waals surface area contributed by atoms with Gasteiger partial charge in [-0.2, -0.15) is 0 Å². The average molecular weight is 409 g/mol. The third-order valence-corrected chi connectivity index (χ3v) is 5.26. The van der Waals surface area contributed by atoms with Crippen molar-refractivity contribution in [2.45, 2.75) is 20.3 Å². The van der Waals surface area contributed by atoms with E-state index < -0.39 is 17.7 Å². The number of anilines is 1. The van der Waals surface area contributed by atoms with Crippen molar-refractivity contribution in [2.75, 3.05) is 24.7 Å². The Balaban J connectivity index is 1.38. The molecule has 30 heavy (non-hydrogen) atoms. The Morgan fingerprint density at radius 1 is 1.00 bits per heavy atom. The molecule has 0 saturated carbocycles. The maximum Gasteiger partial charge on any atom is 0.269 e. The standard InChI is InChI=1S/C22H23N3O5/c1-13-3-5-17(14(2)9-13)22(28)24-23-21(27)15-10-20(26)25(12-15)16-4-6-18-19(11-16)30-8-7-29-18/h3-6,9,11,15H,7-8,10,12H2,1-2H3,(H,23,27)(H,24,28)/t15-/m0/s1. The molecule has 2 aliphatic rings. The molecule has 156 valence electrons. The van der Waals surface area contributed by atoms with Gasteiger partial charge in [0, 0.05) is 30.3 Å². The molecule has 2 N–H and O–H groups in total. The number of carbonyl (C=O) groups is 3. The highest BCUT2D eigenvalue weighted by molar-refractivity contribution is 6.01. The summed E-state index contributed by atoms with van der Waals surface area (Å²) in [6, 6.07) is 10.7. The number of rotatable bonds is 3. The minimum atomic E-state index is -0.565. The number of fused-ring (bicyclic) bond motifs is 1. The van der Waals surface area contributed by atoms with E-state index in [1.807, 2.05) is 26.0 Å². The van der Waals surface area contributed by atoms with Crippen molar-refractivity contribution in [1.82, 2.24) is 10.9 Å². The van der Waals surface area contributed by atoms with Gasteiger partial charge in [0.15, 0.2) is 11.5 Å². The molecule has 2 heterocycles. The third-order valence-electron chi connectivity index (χ3n) is 5.26. The Kier molecular flexibility index (Phi) is 5.31. The van der Waals surface area contributed by atoms with Gasteiger partial charge in [-0.25, -0.2) is 0 Å². The zero-order valence-corrected chi connectivity index (χ0v) is 16.9. The highest BCUT2D eigenvalue weighted by Gasteiger charge is 2.35. The zero-order valence-electron chi connectivity index (χ0n) is 16.9. The summed E-state index contributed by atoms with van der Waals surface area (Å²) in [6.07, 6.45) is 0.0692. The molecule has 2 aliphatic heterocycles. The van der Waals surface area contributed by atoms with Crippen LogP contribution in [0.2, 0.25) is 0 Å². The van der Waals surface area contributed by atoms with Gasteiger partial charge in [0.05, 0.1) is 5.92 Å². The number of aryl methyl sites for hydroxylation is 2. The number of nitrogens with zero attached hydrogens (tertiary/aromatic N) is 1. The molecular weight excluding hydrogens is 386 g/mol. The monoisotopic (exact) mass is 409 g/mol. The van der Waals surface area contributed by atoms with Crippen molar-refractivity contribution in [3.05, 3.63) is 53.1 Å². The smallest absolute Gasteiger partial charge is 0.269 e. The molecule has 2 aromatic carbocycles. The molecule has 8 heteroatoms. The Labute approximate surface area is 174 Å². The molecule has 2 aromatic rings. The second-order valence-corrected chi connectivity index (χ2v) is 7.50. The van der Waals surface area contributed by atoms with E-state index in [0.717, 1.165) is 11.1 Å². The summed E-state index contributed by atoms with van der Waals surface area (Å²) in [5.74, 6) is -0.298. The van der Waals surface area contributed by atoms with E-state index in [-0.39, 0.29) is 18.9 Å². The number of hydrazine groups is 1. The van der Waals surface area contributed by atoms with Gasteiger partial charge in [0.1, 0.15) is 13.2 Å². The molecule has 0 aromatic heterocycles. The first-order valence-electron chi connectivity index (χ1n) is 9.80. The van der Waals surface area contributed by atoms with Gasteiger partial charge in [-0.1, -0.05) is 17.7 Å². The van der Waals surface area contributed by atoms with Crippen molar-refractivity contribution in [3.8, 4) is 11.5 Å². The van der Waals surface area contributed by atoms with E-state index in [2.05, 4.69) is 10.9 Å². The number of benzene rings is 2. The van der Waals surface area contributed by atoms with E-state index in [0.29, 0.717) is 36.0 Å². The van der Waals surface area contributed by atoms with E-state index in [1.165, 1.54) is 0 Å². The van der Waals surface area contributed by atoms with Crippen molar-refractivity contribution in [1.29, 1.82) is 0 Å². The minimum Gasteiger partial charge on any atom is -0.486 e. The van der Waals surface area contributed by atoms with Gasteiger partial charge in [-0.05, 0) is 37.6 Å². The fraction of sp³-hybridized carbons (Fsp3) is 0.318. The molecule has 0 spiro atoms. The fourth-order valence-electron chi connectivity index (χ4n) is 3.69. The van der Waals surface area contributed by atoms with Crippen LogP contribution in [0.25, 0.3) is 0 Å². The predicted octanol–water partition coefficient (Wildman–Crippen LogP) is 1.89. The van der Waals surface area contributed by atoms with E-state index in [4.69, 9.17) is 9.47 Å². The van der Waals surface area contributed by atoms with Crippen LogP contribution in [-0.2, 0) is 9.59 Å². The molecule has 1 atom stereocenters. The first-order chi connectivity index (χ1) is 14.4. The normalized spacial score (nSPS) is 17.6. The van der Waals surface area contributed by atoms with Gasteiger partial charge >= 0.3 is 0 Å². The van der Waals surface area contributed by atoms with Crippen LogP contribution in [-0.4, -0.2) is 37.5 Å². The first-order valence-corrected chi connectivity index (χ1v) is 9.80. The molecule has 1 saturated heterocycles. The topological polar surface area (TPSA) is 97.0 Å². The second kappa shape index (κ2) is 8.06. The average Bonchev–Trinajstić information content (AvgIpc) is 3.13. The van der Waals surface area contributed by atoms with E-state index in [1.54, 1.807) is 29.2 Å². The second-order valence-electron chi connectivity index (χ2n) is 7.50. The highest BCUT2D eigenvalue weighted by Crippen LogP contribution is 2.35. The van der Waals surface area contributed by atoms with Crippen molar-refractivity contribution in [3.63, 3.8) is 0 Å². The van der Waals surface area contributed by atoms with Gasteiger partial charge in [0.2, 0.25) is 11.8 Å². The lowest BCUT2D eigenvalue weighted by atomic mass is 10.1. The van der Waals surface area contributed by atoms with Crippen molar-refractivity contribution in [2.24, 2.45) is 5.92 Å². The number of hydrogen-bond donors (Lipinski definition) is 2. The van der Waals surface area contributed by atoms with Crippen LogP contribution < -0.4 is 25.2 Å². The quantitative estimate of drug-likeness (QED) is 0.755. The Hall–Kier alpha value is -3.55. The van der Waals surface area contributed by atoms with Gasteiger partial charge < -0.3 is 14.4 Å². The number of amides is 3. The van der Waals surface area contributed by atoms with Crippen LogP contribution in [0.1, 0.15) is 27.9 Å². The fourth-order valence-corrected chi connectivity index (χ4v) is 3.69. The third kappa shape index (κ3) is 3.94. The number of ether oxygens (including phenoxy) is 2. The van der Waals surface area contributed by atoms with Crippen LogP contribution in [0.15, 0.2) is 36.4 Å². The number of nitrogens with one attached hydrogen (secondary N) is 2. The van der Waals surface area contributed by atoms with Crippen LogP contribution in [0, 0.1) is 19.8 Å². The zero-order chi connectivity index (χ0) is 21.3. The summed E-state index contributed by atoms with van der Waals surface area (Å²) in [4.78, 5) is 38.9. The summed E-state index contributed by atoms with van der Waals surface area (Å²) in [5.41, 5.74) is 7.90. The van der Waals surface area contributed by atoms with Crippen LogP contribution in [0.4, 0.5) is 5.69 Å². The number of carbonyl (C=O) groups excluding carboxylic acids is 3. The lowest BCUT2D eigenvalue weighted by molar-refractivity contribution is -0.126. The summed E-state index contributed by atoms with van der Waals surface area (Å²) in [6.45, 7) is 4.95. The van der Waals surface area contributed by atoms with Crippen LogP contribution >= 0.6 is 0 Å². The summed E-state index contributed by atoms with van der Waals surface area (Å²) in [5, 5.41) is 0. The van der Waals surface area contributed by atoms with E-state index >= 15 is 0 Å². The molecule has 4 rings (SSSR count). The largest absolute Gasteiger partial charge is 0.486 e. The molecule has 0 aliphatic carbocycles. The lowest BCUT2D eigenvalue weighted by Gasteiger charge is -2.22. The summed E-state index contributed by atoms with van der Waals surface area (Å²) >= 11 is 0. The van der Waals surface area contributed by atoms with Gasteiger partial charge in [-0.3, -0.25) is 25.2 Å². The number of hydrogen-bond acceptors (Lipinski definition) is 5. The Morgan fingerprint density at radius 2 is 1.77 bits per heavy atom. The van der Waals surface area contributed by atoms with E-state index in [9.17, 15) is 14.4 Å². The maximum atomic E-state index is 12.5. The van der Waals surface area contributed by atoms with Crippen LogP contribution in [0.5, 0.6) is 11.5 Å².